The van der Waals surface area contributed by atoms with Gasteiger partial charge in [0.1, 0.15) is 0 Å². The standard InChI is InChI=1S/C8H19NO2S/c1-9-8(3-4-10)7-12-6-5-11-2/h8-10H,3-7H2,1-2H3. The van der Waals surface area contributed by atoms with Gasteiger partial charge in [0.2, 0.25) is 0 Å². The fourth-order valence-corrected chi connectivity index (χ4v) is 1.90. The first kappa shape index (κ1) is 12.2. The summed E-state index contributed by atoms with van der Waals surface area (Å²) < 4.78 is 4.93. The molecular formula is C8H19NO2S. The third-order valence-corrected chi connectivity index (χ3v) is 2.73. The van der Waals surface area contributed by atoms with E-state index in [1.54, 1.807) is 7.11 Å². The Balaban J connectivity index is 3.19. The molecule has 0 amide bonds. The fourth-order valence-electron chi connectivity index (χ4n) is 0.835. The second-order valence-corrected chi connectivity index (χ2v) is 3.72. The van der Waals surface area contributed by atoms with Gasteiger partial charge in [-0.2, -0.15) is 11.8 Å². The first-order chi connectivity index (χ1) is 5.85. The maximum Gasteiger partial charge on any atom is 0.0552 e. The lowest BCUT2D eigenvalue weighted by atomic mass is 10.2. The highest BCUT2D eigenvalue weighted by Gasteiger charge is 2.03. The van der Waals surface area contributed by atoms with Crippen molar-refractivity contribution in [2.45, 2.75) is 12.5 Å². The molecule has 0 bridgehead atoms. The molecule has 0 saturated carbocycles. The maximum absolute atomic E-state index is 8.70. The summed E-state index contributed by atoms with van der Waals surface area (Å²) in [4.78, 5) is 0. The van der Waals surface area contributed by atoms with Crippen molar-refractivity contribution in [3.05, 3.63) is 0 Å². The number of methoxy groups -OCH3 is 1. The molecule has 0 heterocycles. The predicted octanol–water partition coefficient (Wildman–Crippen LogP) is 0.336. The number of ether oxygens (including phenoxy) is 1. The summed E-state index contributed by atoms with van der Waals surface area (Å²) in [6.45, 7) is 1.07. The van der Waals surface area contributed by atoms with E-state index < -0.39 is 0 Å². The Morgan fingerprint density at radius 1 is 1.58 bits per heavy atom. The summed E-state index contributed by atoms with van der Waals surface area (Å²) in [6, 6.07) is 0.428. The normalized spacial score (nSPS) is 13.2. The highest BCUT2D eigenvalue weighted by atomic mass is 32.2. The number of aliphatic hydroxyl groups excluding tert-OH is 1. The summed E-state index contributed by atoms with van der Waals surface area (Å²) >= 11 is 1.85. The Labute approximate surface area is 78.9 Å². The molecule has 3 nitrogen and oxygen atoms in total. The molecule has 0 aliphatic heterocycles. The highest BCUT2D eigenvalue weighted by molar-refractivity contribution is 7.99. The molecule has 74 valence electrons. The van der Waals surface area contributed by atoms with Crippen LogP contribution in [0.5, 0.6) is 0 Å². The SMILES string of the molecule is CNC(CCO)CSCCOC. The number of thioether (sulfide) groups is 1. The van der Waals surface area contributed by atoms with Crippen molar-refractivity contribution in [3.8, 4) is 0 Å². The zero-order valence-electron chi connectivity index (χ0n) is 7.88. The van der Waals surface area contributed by atoms with Crippen LogP contribution in [0.3, 0.4) is 0 Å². The Hall–Kier alpha value is 0.230. The molecule has 1 unspecified atom stereocenters. The number of nitrogens with one attached hydrogen (secondary N) is 1. The van der Waals surface area contributed by atoms with Gasteiger partial charge in [-0.1, -0.05) is 0 Å². The van der Waals surface area contributed by atoms with Gasteiger partial charge in [-0.25, -0.2) is 0 Å². The zero-order chi connectivity index (χ0) is 9.23. The van der Waals surface area contributed by atoms with Crippen molar-refractivity contribution in [2.75, 3.05) is 38.9 Å². The molecule has 2 N–H and O–H groups in total. The molecule has 0 rings (SSSR count). The minimum absolute atomic E-state index is 0.260. The van der Waals surface area contributed by atoms with Crippen molar-refractivity contribution < 1.29 is 9.84 Å². The second-order valence-electron chi connectivity index (χ2n) is 2.57. The van der Waals surface area contributed by atoms with E-state index in [2.05, 4.69) is 5.32 Å². The van der Waals surface area contributed by atoms with Crippen LogP contribution in [0.2, 0.25) is 0 Å². The van der Waals surface area contributed by atoms with Crippen LogP contribution >= 0.6 is 11.8 Å². The quantitative estimate of drug-likeness (QED) is 0.545. The van der Waals surface area contributed by atoms with E-state index in [0.717, 1.165) is 24.5 Å². The van der Waals surface area contributed by atoms with Gasteiger partial charge in [0.25, 0.3) is 0 Å². The first-order valence-corrected chi connectivity index (χ1v) is 5.35. The summed E-state index contributed by atoms with van der Waals surface area (Å²) in [5, 5.41) is 11.9. The summed E-state index contributed by atoms with van der Waals surface area (Å²) in [6.07, 6.45) is 0.830. The van der Waals surface area contributed by atoms with Crippen LogP contribution in [-0.2, 0) is 4.74 Å². The molecule has 0 fully saturated rings. The van der Waals surface area contributed by atoms with Gasteiger partial charge in [-0.15, -0.1) is 0 Å². The van der Waals surface area contributed by atoms with Gasteiger partial charge in [-0.3, -0.25) is 0 Å². The van der Waals surface area contributed by atoms with E-state index in [9.17, 15) is 0 Å². The third-order valence-electron chi connectivity index (χ3n) is 1.64. The van der Waals surface area contributed by atoms with Gasteiger partial charge in [0.05, 0.1) is 6.61 Å². The second kappa shape index (κ2) is 9.32. The van der Waals surface area contributed by atoms with E-state index in [1.807, 2.05) is 18.8 Å². The highest BCUT2D eigenvalue weighted by Crippen LogP contribution is 2.04. The number of rotatable bonds is 8. The average Bonchev–Trinajstić information content (AvgIpc) is 2.10. The summed E-state index contributed by atoms with van der Waals surface area (Å²) in [7, 11) is 3.64. The minimum atomic E-state index is 0.260. The van der Waals surface area contributed by atoms with Crippen LogP contribution < -0.4 is 5.32 Å². The number of aliphatic hydroxyl groups is 1. The molecule has 4 heteroatoms. The van der Waals surface area contributed by atoms with E-state index in [-0.39, 0.29) is 6.61 Å². The first-order valence-electron chi connectivity index (χ1n) is 4.20. The number of hydrogen-bond acceptors (Lipinski definition) is 4. The monoisotopic (exact) mass is 193 g/mol. The maximum atomic E-state index is 8.70. The van der Waals surface area contributed by atoms with Crippen LogP contribution in [0.1, 0.15) is 6.42 Å². The van der Waals surface area contributed by atoms with Crippen molar-refractivity contribution in [2.24, 2.45) is 0 Å². The van der Waals surface area contributed by atoms with Crippen LogP contribution in [0.25, 0.3) is 0 Å². The van der Waals surface area contributed by atoms with Gasteiger partial charge >= 0.3 is 0 Å². The average molecular weight is 193 g/mol. The molecule has 0 aliphatic rings. The molecule has 0 aromatic heterocycles. The lowest BCUT2D eigenvalue weighted by molar-refractivity contribution is 0.218. The van der Waals surface area contributed by atoms with Gasteiger partial charge < -0.3 is 15.2 Å². The fraction of sp³-hybridized carbons (Fsp3) is 1.00. The van der Waals surface area contributed by atoms with E-state index >= 15 is 0 Å². The molecule has 0 aromatic rings. The zero-order valence-corrected chi connectivity index (χ0v) is 8.69. The third kappa shape index (κ3) is 6.91. The van der Waals surface area contributed by atoms with Crippen LogP contribution in [0, 0.1) is 0 Å². The van der Waals surface area contributed by atoms with Crippen molar-refractivity contribution in [1.29, 1.82) is 0 Å². The molecule has 0 saturated heterocycles. The van der Waals surface area contributed by atoms with Crippen molar-refractivity contribution in [3.63, 3.8) is 0 Å². The molecule has 12 heavy (non-hydrogen) atoms. The Kier molecular flexibility index (Phi) is 9.50. The van der Waals surface area contributed by atoms with Crippen LogP contribution in [0.4, 0.5) is 0 Å². The van der Waals surface area contributed by atoms with Crippen LogP contribution in [0.15, 0.2) is 0 Å². The molecule has 0 radical (unpaired) electrons. The lowest BCUT2D eigenvalue weighted by Crippen LogP contribution is -2.28. The van der Waals surface area contributed by atoms with Crippen molar-refractivity contribution >= 4 is 11.8 Å². The van der Waals surface area contributed by atoms with Crippen molar-refractivity contribution in [1.82, 2.24) is 5.32 Å². The molecule has 0 spiro atoms. The Morgan fingerprint density at radius 2 is 2.33 bits per heavy atom. The topological polar surface area (TPSA) is 41.5 Å². The van der Waals surface area contributed by atoms with Crippen LogP contribution in [-0.4, -0.2) is 50.0 Å². The molecule has 1 atom stereocenters. The Bertz CT molecular complexity index is 93.1. The molecule has 0 aromatic carbocycles. The van der Waals surface area contributed by atoms with Gasteiger partial charge in [0, 0.05) is 31.3 Å². The molecule has 0 aliphatic carbocycles. The minimum Gasteiger partial charge on any atom is -0.396 e. The Morgan fingerprint density at radius 3 is 2.83 bits per heavy atom. The predicted molar refractivity (Wildman–Crippen MR) is 53.8 cm³/mol. The number of hydrogen-bond donors (Lipinski definition) is 2. The summed E-state index contributed by atoms with van der Waals surface area (Å²) in [5.74, 6) is 2.07. The van der Waals surface area contributed by atoms with E-state index in [1.165, 1.54) is 0 Å². The molecular weight excluding hydrogens is 174 g/mol. The summed E-state index contributed by atoms with van der Waals surface area (Å²) in [5.41, 5.74) is 0. The smallest absolute Gasteiger partial charge is 0.0552 e. The lowest BCUT2D eigenvalue weighted by Gasteiger charge is -2.13. The van der Waals surface area contributed by atoms with Gasteiger partial charge in [-0.05, 0) is 13.5 Å². The largest absolute Gasteiger partial charge is 0.396 e. The van der Waals surface area contributed by atoms with E-state index in [0.29, 0.717) is 6.04 Å². The van der Waals surface area contributed by atoms with Gasteiger partial charge in [0.15, 0.2) is 0 Å². The van der Waals surface area contributed by atoms with E-state index in [4.69, 9.17) is 9.84 Å².